The van der Waals surface area contributed by atoms with Gasteiger partial charge >= 0.3 is 5.97 Å². The zero-order valence-electron chi connectivity index (χ0n) is 12.1. The highest BCUT2D eigenvalue weighted by Crippen LogP contribution is 2.25. The van der Waals surface area contributed by atoms with E-state index in [1.165, 1.54) is 0 Å². The maximum atomic E-state index is 10.6. The molecule has 1 aromatic rings. The summed E-state index contributed by atoms with van der Waals surface area (Å²) in [6.45, 7) is 1.88. The van der Waals surface area contributed by atoms with Crippen molar-refractivity contribution in [2.75, 3.05) is 37.0 Å². The number of piperidine rings is 1. The van der Waals surface area contributed by atoms with Crippen LogP contribution in [0.25, 0.3) is 0 Å². The average molecular weight is 278 g/mol. The minimum absolute atomic E-state index is 0.281. The van der Waals surface area contributed by atoms with Gasteiger partial charge in [-0.3, -0.25) is 4.79 Å². The van der Waals surface area contributed by atoms with Crippen molar-refractivity contribution < 1.29 is 9.90 Å². The van der Waals surface area contributed by atoms with Gasteiger partial charge in [0.25, 0.3) is 0 Å². The molecule has 1 aliphatic rings. The van der Waals surface area contributed by atoms with Gasteiger partial charge in [0, 0.05) is 39.8 Å². The Bertz CT molecular complexity index is 456. The van der Waals surface area contributed by atoms with Crippen LogP contribution in [-0.4, -0.2) is 48.2 Å². The van der Waals surface area contributed by atoms with E-state index in [1.807, 2.05) is 25.1 Å². The molecule has 0 aliphatic carbocycles. The fourth-order valence-corrected chi connectivity index (χ4v) is 2.51. The number of hydrogen-bond acceptors (Lipinski definition) is 5. The van der Waals surface area contributed by atoms with Crippen molar-refractivity contribution in [1.82, 2.24) is 9.97 Å². The third kappa shape index (κ3) is 3.82. The highest BCUT2D eigenvalue weighted by molar-refractivity contribution is 5.66. The molecule has 110 valence electrons. The fourth-order valence-electron chi connectivity index (χ4n) is 2.51. The molecule has 1 fully saturated rings. The van der Waals surface area contributed by atoms with Gasteiger partial charge in [-0.05, 0) is 31.2 Å². The maximum absolute atomic E-state index is 10.6. The molecule has 0 unspecified atom stereocenters. The lowest BCUT2D eigenvalue weighted by molar-refractivity contribution is -0.137. The monoisotopic (exact) mass is 278 g/mol. The summed E-state index contributed by atoms with van der Waals surface area (Å²) in [5.41, 5.74) is 0. The zero-order valence-corrected chi connectivity index (χ0v) is 12.1. The van der Waals surface area contributed by atoms with Crippen molar-refractivity contribution in [2.24, 2.45) is 5.92 Å². The van der Waals surface area contributed by atoms with E-state index in [1.54, 1.807) is 6.20 Å². The lowest BCUT2D eigenvalue weighted by Crippen LogP contribution is -2.34. The van der Waals surface area contributed by atoms with Gasteiger partial charge in [0.05, 0.1) is 0 Å². The summed E-state index contributed by atoms with van der Waals surface area (Å²) in [4.78, 5) is 23.5. The van der Waals surface area contributed by atoms with Crippen LogP contribution in [0.2, 0.25) is 0 Å². The van der Waals surface area contributed by atoms with Gasteiger partial charge in [-0.2, -0.15) is 4.98 Å². The van der Waals surface area contributed by atoms with E-state index in [-0.39, 0.29) is 6.42 Å². The molecule has 6 heteroatoms. The molecule has 0 spiro atoms. The molecule has 0 aromatic carbocycles. The molecule has 2 rings (SSSR count). The number of carboxylic acids is 1. The molecule has 1 N–H and O–H groups in total. The van der Waals surface area contributed by atoms with E-state index in [2.05, 4.69) is 14.9 Å². The van der Waals surface area contributed by atoms with E-state index in [0.29, 0.717) is 5.92 Å². The number of anilines is 2. The van der Waals surface area contributed by atoms with Crippen LogP contribution in [0.15, 0.2) is 12.3 Å². The molecule has 0 bridgehead atoms. The van der Waals surface area contributed by atoms with E-state index in [0.717, 1.165) is 44.1 Å². The molecule has 20 heavy (non-hydrogen) atoms. The van der Waals surface area contributed by atoms with Crippen molar-refractivity contribution >= 4 is 17.7 Å². The van der Waals surface area contributed by atoms with E-state index >= 15 is 0 Å². The van der Waals surface area contributed by atoms with Crippen LogP contribution >= 0.6 is 0 Å². The summed E-state index contributed by atoms with van der Waals surface area (Å²) in [6.07, 6.45) is 4.93. The first-order valence-electron chi connectivity index (χ1n) is 7.03. The summed E-state index contributed by atoms with van der Waals surface area (Å²) >= 11 is 0. The quantitative estimate of drug-likeness (QED) is 0.882. The minimum atomic E-state index is -0.696. The first kappa shape index (κ1) is 14.6. The summed E-state index contributed by atoms with van der Waals surface area (Å²) in [6, 6.07) is 1.94. The van der Waals surface area contributed by atoms with Crippen LogP contribution in [0.4, 0.5) is 11.8 Å². The van der Waals surface area contributed by atoms with E-state index in [4.69, 9.17) is 5.11 Å². The number of nitrogens with zero attached hydrogens (tertiary/aromatic N) is 4. The predicted octanol–water partition coefficient (Wildman–Crippen LogP) is 1.62. The van der Waals surface area contributed by atoms with Gasteiger partial charge in [-0.15, -0.1) is 0 Å². The van der Waals surface area contributed by atoms with E-state index in [9.17, 15) is 4.79 Å². The Morgan fingerprint density at radius 3 is 2.75 bits per heavy atom. The zero-order chi connectivity index (χ0) is 14.5. The highest BCUT2D eigenvalue weighted by atomic mass is 16.4. The van der Waals surface area contributed by atoms with Crippen LogP contribution in [0.5, 0.6) is 0 Å². The Kier molecular flexibility index (Phi) is 4.76. The highest BCUT2D eigenvalue weighted by Gasteiger charge is 2.21. The normalized spacial score (nSPS) is 16.2. The third-order valence-corrected chi connectivity index (χ3v) is 3.73. The van der Waals surface area contributed by atoms with Gasteiger partial charge in [-0.1, -0.05) is 0 Å². The van der Waals surface area contributed by atoms with Crippen molar-refractivity contribution in [2.45, 2.75) is 25.7 Å². The SMILES string of the molecule is CN(C)c1nccc(N2CCC(CCC(=O)O)CC2)n1. The number of aliphatic carboxylic acids is 1. The molecule has 1 saturated heterocycles. The molecule has 0 atom stereocenters. The second-order valence-electron chi connectivity index (χ2n) is 5.47. The number of carbonyl (C=O) groups is 1. The summed E-state index contributed by atoms with van der Waals surface area (Å²) in [5, 5.41) is 8.72. The fraction of sp³-hybridized carbons (Fsp3) is 0.643. The summed E-state index contributed by atoms with van der Waals surface area (Å²) < 4.78 is 0. The Hall–Kier alpha value is -1.85. The molecule has 6 nitrogen and oxygen atoms in total. The van der Waals surface area contributed by atoms with Gasteiger partial charge in [0.1, 0.15) is 5.82 Å². The molecule has 1 aromatic heterocycles. The summed E-state index contributed by atoms with van der Waals surface area (Å²) in [5.74, 6) is 1.51. The first-order chi connectivity index (χ1) is 9.56. The third-order valence-electron chi connectivity index (χ3n) is 3.73. The van der Waals surface area contributed by atoms with Crippen LogP contribution in [0, 0.1) is 5.92 Å². The summed E-state index contributed by atoms with van der Waals surface area (Å²) in [7, 11) is 3.86. The Morgan fingerprint density at radius 1 is 1.45 bits per heavy atom. The van der Waals surface area contributed by atoms with Gasteiger partial charge < -0.3 is 14.9 Å². The Morgan fingerprint density at radius 2 is 2.15 bits per heavy atom. The lowest BCUT2D eigenvalue weighted by Gasteiger charge is -2.32. The smallest absolute Gasteiger partial charge is 0.303 e. The second-order valence-corrected chi connectivity index (χ2v) is 5.47. The van der Waals surface area contributed by atoms with Crippen molar-refractivity contribution in [3.05, 3.63) is 12.3 Å². The Balaban J connectivity index is 1.90. The van der Waals surface area contributed by atoms with E-state index < -0.39 is 5.97 Å². The maximum Gasteiger partial charge on any atom is 0.303 e. The number of aromatic nitrogens is 2. The number of rotatable bonds is 5. The van der Waals surface area contributed by atoms with Crippen LogP contribution < -0.4 is 9.80 Å². The number of carboxylic acid groups (broad SMARTS) is 1. The van der Waals surface area contributed by atoms with Crippen LogP contribution in [0.1, 0.15) is 25.7 Å². The Labute approximate surface area is 119 Å². The van der Waals surface area contributed by atoms with Gasteiger partial charge in [-0.25, -0.2) is 4.98 Å². The first-order valence-corrected chi connectivity index (χ1v) is 7.03. The van der Waals surface area contributed by atoms with Crippen molar-refractivity contribution in [3.63, 3.8) is 0 Å². The molecular formula is C14H22N4O2. The molecule has 0 radical (unpaired) electrons. The average Bonchev–Trinajstić information content (AvgIpc) is 2.46. The topological polar surface area (TPSA) is 69.6 Å². The van der Waals surface area contributed by atoms with Crippen LogP contribution in [0.3, 0.4) is 0 Å². The van der Waals surface area contributed by atoms with Crippen molar-refractivity contribution in [3.8, 4) is 0 Å². The van der Waals surface area contributed by atoms with Crippen molar-refractivity contribution in [1.29, 1.82) is 0 Å². The molecule has 2 heterocycles. The molecular weight excluding hydrogens is 256 g/mol. The lowest BCUT2D eigenvalue weighted by atomic mass is 9.92. The standard InChI is InChI=1S/C14H22N4O2/c1-17(2)14-15-8-5-12(16-14)18-9-6-11(7-10-18)3-4-13(19)20/h5,8,11H,3-4,6-7,9-10H2,1-2H3,(H,19,20). The minimum Gasteiger partial charge on any atom is -0.481 e. The van der Waals surface area contributed by atoms with Crippen LogP contribution in [-0.2, 0) is 4.79 Å². The van der Waals surface area contributed by atoms with Gasteiger partial charge in [0.15, 0.2) is 0 Å². The molecule has 0 saturated carbocycles. The predicted molar refractivity (Wildman–Crippen MR) is 78.2 cm³/mol. The second kappa shape index (κ2) is 6.54. The largest absolute Gasteiger partial charge is 0.481 e. The molecule has 0 amide bonds. The number of hydrogen-bond donors (Lipinski definition) is 1. The molecule has 1 aliphatic heterocycles. The van der Waals surface area contributed by atoms with Gasteiger partial charge in [0.2, 0.25) is 5.95 Å².